The normalized spacial score (nSPS) is 16.4. The molecular weight excluding hydrogens is 347 g/mol. The molecular formula is C20H19FN4O2. The zero-order chi connectivity index (χ0) is 18.8. The van der Waals surface area contributed by atoms with E-state index in [1.807, 2.05) is 0 Å². The Labute approximate surface area is 155 Å². The minimum absolute atomic E-state index is 0.0766. The van der Waals surface area contributed by atoms with E-state index >= 15 is 0 Å². The van der Waals surface area contributed by atoms with Crippen LogP contribution in [0.3, 0.4) is 0 Å². The van der Waals surface area contributed by atoms with Gasteiger partial charge in [-0.15, -0.1) is 0 Å². The molecule has 0 spiro atoms. The van der Waals surface area contributed by atoms with Crippen molar-refractivity contribution in [1.82, 2.24) is 20.1 Å². The van der Waals surface area contributed by atoms with Crippen molar-refractivity contribution >= 4 is 5.91 Å². The van der Waals surface area contributed by atoms with Gasteiger partial charge in [0.1, 0.15) is 11.6 Å². The van der Waals surface area contributed by atoms with Crippen LogP contribution in [0.2, 0.25) is 0 Å². The molecule has 3 aromatic rings. The van der Waals surface area contributed by atoms with Crippen molar-refractivity contribution in [2.45, 2.75) is 31.8 Å². The lowest BCUT2D eigenvalue weighted by Crippen LogP contribution is -2.35. The van der Waals surface area contributed by atoms with Crippen molar-refractivity contribution < 1.29 is 9.18 Å². The van der Waals surface area contributed by atoms with Gasteiger partial charge in [0.15, 0.2) is 0 Å². The molecule has 1 aromatic heterocycles. The molecule has 2 aromatic carbocycles. The number of aromatic nitrogens is 3. The zero-order valence-corrected chi connectivity index (χ0v) is 14.6. The monoisotopic (exact) mass is 366 g/mol. The summed E-state index contributed by atoms with van der Waals surface area (Å²) < 4.78 is 15.8. The molecule has 6 nitrogen and oxygen atoms in total. The third-order valence-electron chi connectivity index (χ3n) is 4.93. The molecule has 1 unspecified atom stereocenters. The second-order valence-electron chi connectivity index (χ2n) is 6.62. The average molecular weight is 366 g/mol. The molecule has 1 atom stereocenters. The summed E-state index contributed by atoms with van der Waals surface area (Å²) in [4.78, 5) is 24.6. The number of carbonyl (C=O) groups excluding carboxylic acids is 1. The minimum atomic E-state index is -0.364. The lowest BCUT2D eigenvalue weighted by atomic mass is 9.98. The summed E-state index contributed by atoms with van der Waals surface area (Å²) in [5.74, 6) is 0.104. The summed E-state index contributed by atoms with van der Waals surface area (Å²) in [6.45, 7) is 0.505. The molecule has 138 valence electrons. The predicted molar refractivity (Wildman–Crippen MR) is 98.9 cm³/mol. The predicted octanol–water partition coefficient (Wildman–Crippen LogP) is 2.51. The van der Waals surface area contributed by atoms with Crippen LogP contribution in [0.1, 0.15) is 29.0 Å². The molecule has 4 rings (SSSR count). The molecule has 2 heterocycles. The number of halogens is 1. The number of hydrogen-bond donors (Lipinski definition) is 2. The lowest BCUT2D eigenvalue weighted by molar-refractivity contribution is 0.0933. The number of aromatic amines is 1. The highest BCUT2D eigenvalue weighted by Gasteiger charge is 2.22. The van der Waals surface area contributed by atoms with Crippen LogP contribution >= 0.6 is 0 Å². The van der Waals surface area contributed by atoms with E-state index in [1.165, 1.54) is 6.07 Å². The highest BCUT2D eigenvalue weighted by atomic mass is 19.1. The van der Waals surface area contributed by atoms with Crippen LogP contribution in [0, 0.1) is 5.82 Å². The number of benzene rings is 2. The Kier molecular flexibility index (Phi) is 4.58. The average Bonchev–Trinajstić information content (AvgIpc) is 2.91. The number of nitrogens with one attached hydrogen (secondary N) is 2. The molecule has 1 aliphatic rings. The van der Waals surface area contributed by atoms with Crippen LogP contribution in [0.25, 0.3) is 11.1 Å². The molecule has 0 radical (unpaired) electrons. The van der Waals surface area contributed by atoms with E-state index < -0.39 is 0 Å². The van der Waals surface area contributed by atoms with Crippen LogP contribution in [0.15, 0.2) is 53.3 Å². The summed E-state index contributed by atoms with van der Waals surface area (Å²) >= 11 is 0. The van der Waals surface area contributed by atoms with Gasteiger partial charge in [0, 0.05) is 30.1 Å². The second-order valence-corrected chi connectivity index (χ2v) is 6.62. The summed E-state index contributed by atoms with van der Waals surface area (Å²) in [6.07, 6.45) is 1.94. The number of carbonyl (C=O) groups is 1. The summed E-state index contributed by atoms with van der Waals surface area (Å²) in [7, 11) is 0. The third-order valence-corrected chi connectivity index (χ3v) is 4.93. The third kappa shape index (κ3) is 3.40. The highest BCUT2D eigenvalue weighted by molar-refractivity contribution is 6.01. The van der Waals surface area contributed by atoms with Gasteiger partial charge in [-0.2, -0.15) is 5.10 Å². The van der Waals surface area contributed by atoms with E-state index in [1.54, 1.807) is 47.0 Å². The van der Waals surface area contributed by atoms with Gasteiger partial charge in [0.25, 0.3) is 5.91 Å². The van der Waals surface area contributed by atoms with Crippen molar-refractivity contribution in [1.29, 1.82) is 0 Å². The van der Waals surface area contributed by atoms with Crippen molar-refractivity contribution in [3.63, 3.8) is 0 Å². The van der Waals surface area contributed by atoms with Gasteiger partial charge in [-0.05, 0) is 30.5 Å². The Morgan fingerprint density at radius 1 is 1.11 bits per heavy atom. The molecule has 2 N–H and O–H groups in total. The van der Waals surface area contributed by atoms with Gasteiger partial charge in [-0.3, -0.25) is 9.36 Å². The largest absolute Gasteiger partial charge is 0.349 e. The van der Waals surface area contributed by atoms with Gasteiger partial charge in [0.05, 0.1) is 0 Å². The van der Waals surface area contributed by atoms with Crippen LogP contribution < -0.4 is 11.0 Å². The fourth-order valence-corrected chi connectivity index (χ4v) is 3.51. The van der Waals surface area contributed by atoms with E-state index in [2.05, 4.69) is 15.5 Å². The number of nitrogens with zero attached hydrogens (tertiary/aromatic N) is 2. The first-order valence-corrected chi connectivity index (χ1v) is 8.92. The number of amides is 1. The van der Waals surface area contributed by atoms with Gasteiger partial charge in [-0.1, -0.05) is 36.4 Å². The van der Waals surface area contributed by atoms with Crippen molar-refractivity contribution in [3.8, 4) is 11.1 Å². The SMILES string of the molecule is O=C(NC1CCc2n[nH]c(=O)n2CC1)c1ccccc1-c1ccccc1F. The summed E-state index contributed by atoms with van der Waals surface area (Å²) in [5, 5.41) is 9.51. The molecule has 0 saturated carbocycles. The highest BCUT2D eigenvalue weighted by Crippen LogP contribution is 2.26. The van der Waals surface area contributed by atoms with E-state index in [0.717, 1.165) is 0 Å². The van der Waals surface area contributed by atoms with Crippen molar-refractivity contribution in [2.24, 2.45) is 0 Å². The summed E-state index contributed by atoms with van der Waals surface area (Å²) in [5.41, 5.74) is 1.17. The number of fused-ring (bicyclic) bond motifs is 1. The van der Waals surface area contributed by atoms with Gasteiger partial charge < -0.3 is 5.32 Å². The Hall–Kier alpha value is -3.22. The Morgan fingerprint density at radius 3 is 2.67 bits per heavy atom. The molecule has 0 bridgehead atoms. The first-order chi connectivity index (χ1) is 13.1. The van der Waals surface area contributed by atoms with Crippen molar-refractivity contribution in [2.75, 3.05) is 0 Å². The fraction of sp³-hybridized carbons (Fsp3) is 0.250. The molecule has 1 amide bonds. The quantitative estimate of drug-likeness (QED) is 0.747. The van der Waals surface area contributed by atoms with E-state index in [4.69, 9.17) is 0 Å². The van der Waals surface area contributed by atoms with Crippen LogP contribution in [-0.2, 0) is 13.0 Å². The van der Waals surface area contributed by atoms with Crippen molar-refractivity contribution in [3.05, 3.63) is 76.2 Å². The number of hydrogen-bond acceptors (Lipinski definition) is 3. The maximum atomic E-state index is 14.2. The molecule has 27 heavy (non-hydrogen) atoms. The number of aryl methyl sites for hydroxylation is 1. The molecule has 7 heteroatoms. The first-order valence-electron chi connectivity index (χ1n) is 8.92. The smallest absolute Gasteiger partial charge is 0.343 e. The molecule has 1 aliphatic heterocycles. The van der Waals surface area contributed by atoms with Crippen LogP contribution in [-0.4, -0.2) is 26.7 Å². The fourth-order valence-electron chi connectivity index (χ4n) is 3.51. The number of H-pyrrole nitrogens is 1. The standard InChI is InChI=1S/C20H19FN4O2/c21-17-8-4-3-6-15(17)14-5-1-2-7-16(14)19(26)22-13-9-10-18-23-24-20(27)25(18)12-11-13/h1-8,13H,9-12H2,(H,22,26)(H,24,27). The Balaban J connectivity index is 1.55. The maximum Gasteiger partial charge on any atom is 0.343 e. The van der Waals surface area contributed by atoms with Gasteiger partial charge >= 0.3 is 5.69 Å². The molecule has 0 saturated heterocycles. The maximum absolute atomic E-state index is 14.2. The lowest BCUT2D eigenvalue weighted by Gasteiger charge is -2.17. The van der Waals surface area contributed by atoms with Crippen LogP contribution in [0.4, 0.5) is 4.39 Å². The van der Waals surface area contributed by atoms with Crippen LogP contribution in [0.5, 0.6) is 0 Å². The topological polar surface area (TPSA) is 79.8 Å². The Morgan fingerprint density at radius 2 is 1.85 bits per heavy atom. The second kappa shape index (κ2) is 7.19. The molecule has 0 aliphatic carbocycles. The van der Waals surface area contributed by atoms with E-state index in [0.29, 0.717) is 48.3 Å². The van der Waals surface area contributed by atoms with Gasteiger partial charge in [0.2, 0.25) is 0 Å². The first kappa shape index (κ1) is 17.2. The Bertz CT molecular complexity index is 1040. The number of rotatable bonds is 3. The minimum Gasteiger partial charge on any atom is -0.349 e. The zero-order valence-electron chi connectivity index (χ0n) is 14.6. The van der Waals surface area contributed by atoms with E-state index in [-0.39, 0.29) is 23.5 Å². The van der Waals surface area contributed by atoms with Gasteiger partial charge in [-0.25, -0.2) is 14.3 Å². The molecule has 0 fully saturated rings. The van der Waals surface area contributed by atoms with E-state index in [9.17, 15) is 14.0 Å². The summed E-state index contributed by atoms with van der Waals surface area (Å²) in [6, 6.07) is 13.3.